The highest BCUT2D eigenvalue weighted by Crippen LogP contribution is 2.35. The minimum absolute atomic E-state index is 0.487. The number of piperidine rings is 1. The molecular weight excluding hydrogens is 402 g/mol. The fourth-order valence-electron chi connectivity index (χ4n) is 4.85. The Kier molecular flexibility index (Phi) is 6.03. The maximum Gasteiger partial charge on any atom is 0.167 e. The van der Waals surface area contributed by atoms with Gasteiger partial charge in [0.05, 0.1) is 30.0 Å². The minimum Gasteiger partial charge on any atom is -0.383 e. The number of pyridine rings is 2. The van der Waals surface area contributed by atoms with Crippen LogP contribution in [-0.2, 0) is 4.74 Å². The molecule has 5 heterocycles. The molecule has 0 aromatic carbocycles. The molecule has 0 bridgehead atoms. The molecule has 5 rings (SSSR count). The molecule has 2 aliphatic rings. The van der Waals surface area contributed by atoms with E-state index in [1.807, 2.05) is 6.20 Å². The van der Waals surface area contributed by atoms with Gasteiger partial charge in [0, 0.05) is 37.9 Å². The van der Waals surface area contributed by atoms with E-state index in [9.17, 15) is 0 Å². The van der Waals surface area contributed by atoms with Gasteiger partial charge in [0.2, 0.25) is 0 Å². The van der Waals surface area contributed by atoms with Crippen LogP contribution in [0.3, 0.4) is 0 Å². The van der Waals surface area contributed by atoms with Crippen molar-refractivity contribution in [2.45, 2.75) is 32.6 Å². The zero-order valence-electron chi connectivity index (χ0n) is 18.7. The van der Waals surface area contributed by atoms with E-state index in [1.165, 1.54) is 32.0 Å². The molecule has 168 valence electrons. The Morgan fingerprint density at radius 3 is 2.56 bits per heavy atom. The van der Waals surface area contributed by atoms with E-state index in [-0.39, 0.29) is 0 Å². The summed E-state index contributed by atoms with van der Waals surface area (Å²) in [6, 6.07) is 6.29. The minimum atomic E-state index is 0.487. The second kappa shape index (κ2) is 9.24. The van der Waals surface area contributed by atoms with Gasteiger partial charge in [-0.25, -0.2) is 19.9 Å². The van der Waals surface area contributed by atoms with Crippen LogP contribution in [0.25, 0.3) is 22.3 Å². The summed E-state index contributed by atoms with van der Waals surface area (Å²) in [7, 11) is 0. The van der Waals surface area contributed by atoms with Crippen LogP contribution in [0.2, 0.25) is 0 Å². The Bertz CT molecular complexity index is 1060. The van der Waals surface area contributed by atoms with Gasteiger partial charge in [0.1, 0.15) is 18.0 Å². The smallest absolute Gasteiger partial charge is 0.167 e. The number of aromatic nitrogens is 4. The highest BCUT2D eigenvalue weighted by atomic mass is 16.5. The lowest BCUT2D eigenvalue weighted by atomic mass is 9.92. The normalized spacial score (nSPS) is 17.8. The van der Waals surface area contributed by atoms with Crippen molar-refractivity contribution in [2.24, 2.45) is 5.92 Å². The second-order valence-corrected chi connectivity index (χ2v) is 8.71. The third-order valence-corrected chi connectivity index (χ3v) is 6.64. The number of hydrogen-bond acceptors (Lipinski definition) is 8. The maximum atomic E-state index is 6.28. The van der Waals surface area contributed by atoms with Crippen LogP contribution in [0, 0.1) is 5.92 Å². The zero-order valence-corrected chi connectivity index (χ0v) is 18.7. The number of nitrogens with two attached hydrogens (primary N) is 1. The van der Waals surface area contributed by atoms with Crippen LogP contribution in [0.4, 0.5) is 17.3 Å². The molecule has 0 aliphatic carbocycles. The highest BCUT2D eigenvalue weighted by molar-refractivity contribution is 5.99. The molecule has 0 atom stereocenters. The molecule has 8 nitrogen and oxygen atoms in total. The number of fused-ring (bicyclic) bond motifs is 1. The zero-order chi connectivity index (χ0) is 21.9. The second-order valence-electron chi connectivity index (χ2n) is 8.71. The Hall–Kier alpha value is -3.00. The summed E-state index contributed by atoms with van der Waals surface area (Å²) in [5.41, 5.74) is 9.84. The van der Waals surface area contributed by atoms with Crippen molar-refractivity contribution in [3.05, 3.63) is 30.7 Å². The molecule has 32 heavy (non-hydrogen) atoms. The number of hydrogen-bond donors (Lipinski definition) is 1. The molecule has 0 unspecified atom stereocenters. The van der Waals surface area contributed by atoms with E-state index in [0.29, 0.717) is 11.5 Å². The number of ether oxygens (including phenoxy) is 1. The number of nitrogen functional groups attached to an aromatic ring is 1. The first-order chi connectivity index (χ1) is 15.7. The lowest BCUT2D eigenvalue weighted by Gasteiger charge is -2.34. The molecule has 0 radical (unpaired) electrons. The van der Waals surface area contributed by atoms with Crippen molar-refractivity contribution >= 4 is 28.4 Å². The van der Waals surface area contributed by atoms with E-state index >= 15 is 0 Å². The summed E-state index contributed by atoms with van der Waals surface area (Å²) in [5.74, 6) is 2.28. The molecule has 2 aliphatic heterocycles. The molecule has 2 saturated heterocycles. The highest BCUT2D eigenvalue weighted by Gasteiger charge is 2.23. The predicted octanol–water partition coefficient (Wildman–Crippen LogP) is 3.52. The molecule has 3 aromatic rings. The van der Waals surface area contributed by atoms with Crippen LogP contribution >= 0.6 is 0 Å². The lowest BCUT2D eigenvalue weighted by molar-refractivity contribution is 0.122. The first-order valence-corrected chi connectivity index (χ1v) is 11.7. The molecule has 2 fully saturated rings. The first kappa shape index (κ1) is 20.9. The summed E-state index contributed by atoms with van der Waals surface area (Å²) in [5, 5.41) is 0.850. The average Bonchev–Trinajstić information content (AvgIpc) is 2.85. The van der Waals surface area contributed by atoms with Crippen molar-refractivity contribution in [1.29, 1.82) is 0 Å². The Morgan fingerprint density at radius 2 is 1.84 bits per heavy atom. The molecule has 2 N–H and O–H groups in total. The average molecular weight is 434 g/mol. The number of rotatable bonds is 5. The van der Waals surface area contributed by atoms with Crippen molar-refractivity contribution in [1.82, 2.24) is 19.9 Å². The van der Waals surface area contributed by atoms with Crippen molar-refractivity contribution in [2.75, 3.05) is 54.9 Å². The summed E-state index contributed by atoms with van der Waals surface area (Å²) >= 11 is 0. The number of anilines is 3. The van der Waals surface area contributed by atoms with E-state index in [4.69, 9.17) is 20.4 Å². The largest absolute Gasteiger partial charge is 0.383 e. The molecule has 3 aromatic heterocycles. The summed E-state index contributed by atoms with van der Waals surface area (Å²) in [4.78, 5) is 22.9. The Balaban J connectivity index is 1.48. The van der Waals surface area contributed by atoms with Gasteiger partial charge in [-0.2, -0.15) is 0 Å². The fraction of sp³-hybridized carbons (Fsp3) is 0.500. The van der Waals surface area contributed by atoms with Gasteiger partial charge >= 0.3 is 0 Å². The van der Waals surface area contributed by atoms with Crippen molar-refractivity contribution in [3.8, 4) is 11.3 Å². The van der Waals surface area contributed by atoms with Gasteiger partial charge in [-0.15, -0.1) is 0 Å². The molecule has 0 spiro atoms. The van der Waals surface area contributed by atoms with E-state index in [2.05, 4.69) is 44.9 Å². The standard InChI is InChI=1S/C24H31N7O/c1-2-3-17-6-8-30(9-7-17)20-14-19(29-24-22(20)23(25)27-16-28-24)18-4-5-21(26-15-18)31-10-12-32-13-11-31/h4-5,14-17H,2-3,6-13H2,1H3,(H2,25,27,28,29). The first-order valence-electron chi connectivity index (χ1n) is 11.7. The fourth-order valence-corrected chi connectivity index (χ4v) is 4.85. The molecule has 0 saturated carbocycles. The van der Waals surface area contributed by atoms with Crippen molar-refractivity contribution in [3.63, 3.8) is 0 Å². The summed E-state index contributed by atoms with van der Waals surface area (Å²) < 4.78 is 5.45. The molecule has 8 heteroatoms. The van der Waals surface area contributed by atoms with Gasteiger partial charge in [-0.3, -0.25) is 0 Å². The van der Waals surface area contributed by atoms with Crippen LogP contribution in [-0.4, -0.2) is 59.3 Å². The van der Waals surface area contributed by atoms with Gasteiger partial charge in [-0.1, -0.05) is 19.8 Å². The predicted molar refractivity (Wildman–Crippen MR) is 128 cm³/mol. The van der Waals surface area contributed by atoms with E-state index in [1.54, 1.807) is 0 Å². The van der Waals surface area contributed by atoms with Crippen LogP contribution in [0.1, 0.15) is 32.6 Å². The summed E-state index contributed by atoms with van der Waals surface area (Å²) in [6.45, 7) is 7.54. The third-order valence-electron chi connectivity index (χ3n) is 6.64. The van der Waals surface area contributed by atoms with Gasteiger partial charge in [-0.05, 0) is 37.0 Å². The molecule has 0 amide bonds. The van der Waals surface area contributed by atoms with Crippen LogP contribution in [0.5, 0.6) is 0 Å². The number of morpholine rings is 1. The van der Waals surface area contributed by atoms with Crippen molar-refractivity contribution < 1.29 is 4.74 Å². The molecular formula is C24H31N7O. The third kappa shape index (κ3) is 4.19. The monoisotopic (exact) mass is 433 g/mol. The van der Waals surface area contributed by atoms with E-state index < -0.39 is 0 Å². The maximum absolute atomic E-state index is 6.28. The number of nitrogens with zero attached hydrogens (tertiary/aromatic N) is 6. The van der Waals surface area contributed by atoms with Crippen LogP contribution < -0.4 is 15.5 Å². The Morgan fingerprint density at radius 1 is 1.03 bits per heavy atom. The van der Waals surface area contributed by atoms with Gasteiger partial charge < -0.3 is 20.3 Å². The Labute approximate surface area is 188 Å². The quantitative estimate of drug-likeness (QED) is 0.653. The summed E-state index contributed by atoms with van der Waals surface area (Å²) in [6.07, 6.45) is 8.36. The van der Waals surface area contributed by atoms with Gasteiger partial charge in [0.15, 0.2) is 5.65 Å². The lowest BCUT2D eigenvalue weighted by Crippen LogP contribution is -2.36. The topological polar surface area (TPSA) is 93.3 Å². The SMILES string of the molecule is CCCC1CCN(c2cc(-c3ccc(N4CCOCC4)nc3)nc3ncnc(N)c23)CC1. The van der Waals surface area contributed by atoms with Gasteiger partial charge in [0.25, 0.3) is 0 Å². The van der Waals surface area contributed by atoms with Crippen LogP contribution in [0.15, 0.2) is 30.7 Å². The van der Waals surface area contributed by atoms with E-state index in [0.717, 1.165) is 73.5 Å².